The van der Waals surface area contributed by atoms with Gasteiger partial charge in [0.05, 0.1) is 6.10 Å². The quantitative estimate of drug-likeness (QED) is 0.843. The van der Waals surface area contributed by atoms with Gasteiger partial charge in [-0.05, 0) is 43.4 Å². The summed E-state index contributed by atoms with van der Waals surface area (Å²) in [6, 6.07) is 8.28. The summed E-state index contributed by atoms with van der Waals surface area (Å²) in [4.78, 5) is 0. The zero-order valence-electron chi connectivity index (χ0n) is 11.2. The Morgan fingerprint density at radius 2 is 2.06 bits per heavy atom. The van der Waals surface area contributed by atoms with E-state index in [1.165, 1.54) is 18.4 Å². The predicted molar refractivity (Wildman–Crippen MR) is 72.7 cm³/mol. The van der Waals surface area contributed by atoms with Crippen molar-refractivity contribution in [3.8, 4) is 5.75 Å². The molecule has 3 heteroatoms. The monoisotopic (exact) mass is 249 g/mol. The van der Waals surface area contributed by atoms with Crippen molar-refractivity contribution in [2.24, 2.45) is 0 Å². The third-order valence-corrected chi connectivity index (χ3v) is 3.87. The Morgan fingerprint density at radius 1 is 1.33 bits per heavy atom. The first kappa shape index (κ1) is 13.4. The Morgan fingerprint density at radius 3 is 2.67 bits per heavy atom. The topological polar surface area (TPSA) is 41.5 Å². The lowest BCUT2D eigenvalue weighted by Gasteiger charge is -2.26. The largest absolute Gasteiger partial charge is 0.508 e. The number of hydrogen-bond acceptors (Lipinski definition) is 3. The van der Waals surface area contributed by atoms with Crippen molar-refractivity contribution >= 4 is 0 Å². The van der Waals surface area contributed by atoms with E-state index in [0.717, 1.165) is 12.8 Å². The molecule has 3 nitrogen and oxygen atoms in total. The summed E-state index contributed by atoms with van der Waals surface area (Å²) in [7, 11) is 1.80. The summed E-state index contributed by atoms with van der Waals surface area (Å²) >= 11 is 0. The minimum atomic E-state index is 0.323. The zero-order valence-corrected chi connectivity index (χ0v) is 11.2. The Balaban J connectivity index is 2.02. The minimum Gasteiger partial charge on any atom is -0.508 e. The normalized spacial score (nSPS) is 25.2. The molecule has 0 heterocycles. The average molecular weight is 249 g/mol. The van der Waals surface area contributed by atoms with E-state index in [9.17, 15) is 5.11 Å². The summed E-state index contributed by atoms with van der Waals surface area (Å²) in [5.41, 5.74) is 1.23. The fourth-order valence-electron chi connectivity index (χ4n) is 2.81. The summed E-state index contributed by atoms with van der Waals surface area (Å²) < 4.78 is 5.52. The van der Waals surface area contributed by atoms with Crippen molar-refractivity contribution in [2.75, 3.05) is 7.11 Å². The van der Waals surface area contributed by atoms with Gasteiger partial charge >= 0.3 is 0 Å². The van der Waals surface area contributed by atoms with Crippen molar-refractivity contribution in [2.45, 2.75) is 50.8 Å². The Hall–Kier alpha value is -1.06. The first-order valence-corrected chi connectivity index (χ1v) is 6.82. The molecule has 0 aliphatic heterocycles. The molecule has 0 aromatic heterocycles. The number of rotatable bonds is 5. The number of benzene rings is 1. The van der Waals surface area contributed by atoms with Crippen LogP contribution in [0, 0.1) is 0 Å². The van der Waals surface area contributed by atoms with Gasteiger partial charge in [0, 0.05) is 19.2 Å². The van der Waals surface area contributed by atoms with E-state index in [-0.39, 0.29) is 0 Å². The van der Waals surface area contributed by atoms with Gasteiger partial charge in [-0.3, -0.25) is 0 Å². The maximum atomic E-state index is 9.34. The van der Waals surface area contributed by atoms with Crippen LogP contribution in [0.1, 0.15) is 44.2 Å². The van der Waals surface area contributed by atoms with Gasteiger partial charge < -0.3 is 15.2 Å². The highest BCUT2D eigenvalue weighted by atomic mass is 16.5. The third-order valence-electron chi connectivity index (χ3n) is 3.87. The van der Waals surface area contributed by atoms with Crippen molar-refractivity contribution in [3.05, 3.63) is 29.8 Å². The second kappa shape index (κ2) is 6.21. The van der Waals surface area contributed by atoms with Gasteiger partial charge in [-0.25, -0.2) is 0 Å². The van der Waals surface area contributed by atoms with E-state index in [2.05, 4.69) is 12.2 Å². The molecule has 1 aliphatic carbocycles. The van der Waals surface area contributed by atoms with Gasteiger partial charge in [0.1, 0.15) is 5.75 Å². The molecule has 18 heavy (non-hydrogen) atoms. The van der Waals surface area contributed by atoms with Gasteiger partial charge in [-0.2, -0.15) is 0 Å². The number of nitrogens with one attached hydrogen (secondary N) is 1. The molecule has 0 spiro atoms. The molecule has 3 unspecified atom stereocenters. The Bertz CT molecular complexity index is 363. The fourth-order valence-corrected chi connectivity index (χ4v) is 2.81. The molecule has 2 rings (SSSR count). The van der Waals surface area contributed by atoms with Gasteiger partial charge in [0.15, 0.2) is 0 Å². The van der Waals surface area contributed by atoms with Crippen LogP contribution in [0.15, 0.2) is 24.3 Å². The lowest BCUT2D eigenvalue weighted by molar-refractivity contribution is 0.0810. The van der Waals surface area contributed by atoms with Crippen molar-refractivity contribution in [1.82, 2.24) is 5.32 Å². The molecule has 1 aromatic carbocycles. The molecule has 0 amide bonds. The van der Waals surface area contributed by atoms with Crippen LogP contribution in [-0.2, 0) is 4.74 Å². The highest BCUT2D eigenvalue weighted by Crippen LogP contribution is 2.26. The van der Waals surface area contributed by atoms with E-state index in [0.29, 0.717) is 23.9 Å². The second-order valence-electron chi connectivity index (χ2n) is 5.03. The zero-order chi connectivity index (χ0) is 13.0. The van der Waals surface area contributed by atoms with Gasteiger partial charge in [0.2, 0.25) is 0 Å². The second-order valence-corrected chi connectivity index (χ2v) is 5.03. The predicted octanol–water partition coefficient (Wildman–Crippen LogP) is 3.00. The molecule has 0 saturated heterocycles. The lowest BCUT2D eigenvalue weighted by atomic mass is 10.0. The number of hydrogen-bond donors (Lipinski definition) is 2. The smallest absolute Gasteiger partial charge is 0.115 e. The minimum absolute atomic E-state index is 0.323. The average Bonchev–Trinajstić information content (AvgIpc) is 2.84. The van der Waals surface area contributed by atoms with Crippen molar-refractivity contribution in [1.29, 1.82) is 0 Å². The number of methoxy groups -OCH3 is 1. The molecular weight excluding hydrogens is 226 g/mol. The molecular formula is C15H23NO2. The molecule has 2 N–H and O–H groups in total. The number of ether oxygens (including phenoxy) is 1. The SMILES string of the molecule is CCC(NC1CCCC1OC)c1ccc(O)cc1. The molecule has 100 valence electrons. The van der Waals surface area contributed by atoms with Crippen LogP contribution >= 0.6 is 0 Å². The van der Waals surface area contributed by atoms with Crippen molar-refractivity contribution in [3.63, 3.8) is 0 Å². The summed E-state index contributed by atoms with van der Waals surface area (Å²) in [5, 5.41) is 13.0. The molecule has 1 saturated carbocycles. The van der Waals surface area contributed by atoms with E-state index in [1.807, 2.05) is 12.1 Å². The molecule has 0 radical (unpaired) electrons. The van der Waals surface area contributed by atoms with Gasteiger partial charge in [-0.1, -0.05) is 19.1 Å². The maximum Gasteiger partial charge on any atom is 0.115 e. The van der Waals surface area contributed by atoms with Crippen LogP contribution in [0.3, 0.4) is 0 Å². The van der Waals surface area contributed by atoms with Crippen LogP contribution in [0.25, 0.3) is 0 Å². The van der Waals surface area contributed by atoms with Crippen LogP contribution < -0.4 is 5.32 Å². The van der Waals surface area contributed by atoms with Crippen LogP contribution in [0.2, 0.25) is 0 Å². The van der Waals surface area contributed by atoms with E-state index >= 15 is 0 Å². The molecule has 0 bridgehead atoms. The van der Waals surface area contributed by atoms with Crippen LogP contribution in [0.4, 0.5) is 0 Å². The highest BCUT2D eigenvalue weighted by molar-refractivity contribution is 5.28. The van der Waals surface area contributed by atoms with E-state index in [1.54, 1.807) is 19.2 Å². The summed E-state index contributed by atoms with van der Waals surface area (Å²) in [6.07, 6.45) is 4.96. The maximum absolute atomic E-state index is 9.34. The van der Waals surface area contributed by atoms with Crippen LogP contribution in [-0.4, -0.2) is 24.4 Å². The Labute approximate surface area is 109 Å². The summed E-state index contributed by atoms with van der Waals surface area (Å²) in [5.74, 6) is 0.323. The van der Waals surface area contributed by atoms with E-state index in [4.69, 9.17) is 4.74 Å². The number of aromatic hydroxyl groups is 1. The highest BCUT2D eigenvalue weighted by Gasteiger charge is 2.28. The Kier molecular flexibility index (Phi) is 4.61. The fraction of sp³-hybridized carbons (Fsp3) is 0.600. The van der Waals surface area contributed by atoms with Gasteiger partial charge in [-0.15, -0.1) is 0 Å². The molecule has 1 aliphatic rings. The van der Waals surface area contributed by atoms with Crippen LogP contribution in [0.5, 0.6) is 5.75 Å². The first-order valence-electron chi connectivity index (χ1n) is 6.82. The third kappa shape index (κ3) is 3.03. The molecule has 1 aromatic rings. The van der Waals surface area contributed by atoms with E-state index < -0.39 is 0 Å². The van der Waals surface area contributed by atoms with Gasteiger partial charge in [0.25, 0.3) is 0 Å². The lowest BCUT2D eigenvalue weighted by Crippen LogP contribution is -2.39. The number of phenols is 1. The standard InChI is InChI=1S/C15H23NO2/c1-3-13(11-7-9-12(17)10-8-11)16-14-5-4-6-15(14)18-2/h7-10,13-17H,3-6H2,1-2H3. The van der Waals surface area contributed by atoms with Crippen molar-refractivity contribution < 1.29 is 9.84 Å². The molecule has 1 fully saturated rings. The molecule has 3 atom stereocenters. The summed E-state index contributed by atoms with van der Waals surface area (Å²) in [6.45, 7) is 2.18. The number of phenolic OH excluding ortho intramolecular Hbond substituents is 1. The first-order chi connectivity index (χ1) is 8.74.